The molecular weight excluding hydrogens is 314 g/mol. The van der Waals surface area contributed by atoms with Gasteiger partial charge in [0.15, 0.2) is 0 Å². The first-order chi connectivity index (χ1) is 12.1. The second kappa shape index (κ2) is 7.47. The fraction of sp³-hybridized carbons (Fsp3) is 0.350. The number of urea groups is 1. The number of carbonyl (C=O) groups excluding carboxylic acids is 1. The third-order valence-electron chi connectivity index (χ3n) is 4.51. The van der Waals surface area contributed by atoms with Gasteiger partial charge in [-0.2, -0.15) is 0 Å². The molecule has 1 aliphatic rings. The van der Waals surface area contributed by atoms with Gasteiger partial charge in [0.25, 0.3) is 0 Å². The second-order valence-electron chi connectivity index (χ2n) is 6.45. The Kier molecular flexibility index (Phi) is 5.12. The Balaban J connectivity index is 1.62. The van der Waals surface area contributed by atoms with Crippen molar-refractivity contribution in [3.63, 3.8) is 0 Å². The highest BCUT2D eigenvalue weighted by Crippen LogP contribution is 2.30. The molecule has 1 N–H and O–H groups in total. The zero-order chi connectivity index (χ0) is 17.8. The Morgan fingerprint density at radius 3 is 2.40 bits per heavy atom. The van der Waals surface area contributed by atoms with E-state index in [9.17, 15) is 4.79 Å². The lowest BCUT2D eigenvalue weighted by Gasteiger charge is -2.36. The van der Waals surface area contributed by atoms with Crippen LogP contribution in [0.5, 0.6) is 5.75 Å². The Morgan fingerprint density at radius 1 is 1.00 bits per heavy atom. The summed E-state index contributed by atoms with van der Waals surface area (Å²) in [7, 11) is 1.69. The van der Waals surface area contributed by atoms with Crippen molar-refractivity contribution in [2.45, 2.75) is 13.8 Å². The predicted octanol–water partition coefficient (Wildman–Crippen LogP) is 3.67. The lowest BCUT2D eigenvalue weighted by atomic mass is 10.1. The van der Waals surface area contributed by atoms with Crippen LogP contribution in [0.3, 0.4) is 0 Å². The summed E-state index contributed by atoms with van der Waals surface area (Å²) in [4.78, 5) is 16.6. The number of carbonyl (C=O) groups is 1. The van der Waals surface area contributed by atoms with Gasteiger partial charge in [0.05, 0.1) is 12.8 Å². The number of anilines is 2. The number of methoxy groups -OCH3 is 1. The number of rotatable bonds is 3. The zero-order valence-corrected chi connectivity index (χ0v) is 15.1. The fourth-order valence-corrected chi connectivity index (χ4v) is 3.12. The fourth-order valence-electron chi connectivity index (χ4n) is 3.12. The van der Waals surface area contributed by atoms with Crippen LogP contribution in [0.4, 0.5) is 16.2 Å². The smallest absolute Gasteiger partial charge is 0.321 e. The number of hydrogen-bond donors (Lipinski definition) is 1. The second-order valence-corrected chi connectivity index (χ2v) is 6.45. The third-order valence-corrected chi connectivity index (χ3v) is 4.51. The van der Waals surface area contributed by atoms with Gasteiger partial charge in [-0.3, -0.25) is 0 Å². The third kappa shape index (κ3) is 4.05. The summed E-state index contributed by atoms with van der Waals surface area (Å²) in [6, 6.07) is 14.0. The van der Waals surface area contributed by atoms with Crippen molar-refractivity contribution in [1.29, 1.82) is 0 Å². The van der Waals surface area contributed by atoms with Crippen LogP contribution < -0.4 is 15.0 Å². The van der Waals surface area contributed by atoms with Crippen molar-refractivity contribution >= 4 is 17.4 Å². The van der Waals surface area contributed by atoms with Crippen molar-refractivity contribution in [3.8, 4) is 5.75 Å². The highest BCUT2D eigenvalue weighted by Gasteiger charge is 2.23. The molecule has 2 aromatic rings. The summed E-state index contributed by atoms with van der Waals surface area (Å²) < 4.78 is 5.48. The molecule has 132 valence electrons. The normalized spacial score (nSPS) is 14.4. The maximum absolute atomic E-state index is 12.5. The van der Waals surface area contributed by atoms with Gasteiger partial charge in [0.2, 0.25) is 0 Å². The highest BCUT2D eigenvalue weighted by molar-refractivity contribution is 5.89. The van der Waals surface area contributed by atoms with Crippen LogP contribution >= 0.6 is 0 Å². The van der Waals surface area contributed by atoms with E-state index in [2.05, 4.69) is 23.2 Å². The summed E-state index contributed by atoms with van der Waals surface area (Å²) in [5.74, 6) is 0.878. The Morgan fingerprint density at radius 2 is 1.72 bits per heavy atom. The minimum Gasteiger partial charge on any atom is -0.495 e. The van der Waals surface area contributed by atoms with Crippen LogP contribution in [0.15, 0.2) is 42.5 Å². The average molecular weight is 339 g/mol. The minimum absolute atomic E-state index is 0.0403. The topological polar surface area (TPSA) is 44.8 Å². The number of ether oxygens (including phenoxy) is 1. The lowest BCUT2D eigenvalue weighted by Crippen LogP contribution is -2.50. The summed E-state index contributed by atoms with van der Waals surface area (Å²) >= 11 is 0. The standard InChI is InChI=1S/C20H25N3O2/c1-15-5-4-6-17(13-15)21-20(24)23-11-9-22(10-12-23)18-14-16(2)7-8-19(18)25-3/h4-8,13-14H,9-12H2,1-3H3,(H,21,24). The molecule has 1 heterocycles. The Bertz CT molecular complexity index is 752. The van der Waals surface area contributed by atoms with E-state index < -0.39 is 0 Å². The monoisotopic (exact) mass is 339 g/mol. The van der Waals surface area contributed by atoms with E-state index in [-0.39, 0.29) is 6.03 Å². The first-order valence-electron chi connectivity index (χ1n) is 8.59. The van der Waals surface area contributed by atoms with Crippen LogP contribution in [0.25, 0.3) is 0 Å². The molecule has 0 aliphatic carbocycles. The molecule has 0 spiro atoms. The molecule has 0 unspecified atom stereocenters. The van der Waals surface area contributed by atoms with E-state index >= 15 is 0 Å². The molecule has 3 rings (SSSR count). The van der Waals surface area contributed by atoms with Crippen LogP contribution in [-0.4, -0.2) is 44.2 Å². The van der Waals surface area contributed by atoms with E-state index in [0.717, 1.165) is 35.8 Å². The molecule has 0 radical (unpaired) electrons. The Labute approximate surface area is 149 Å². The molecule has 25 heavy (non-hydrogen) atoms. The molecule has 1 saturated heterocycles. The molecule has 0 saturated carbocycles. The number of benzene rings is 2. The van der Waals surface area contributed by atoms with Crippen LogP contribution in [0, 0.1) is 13.8 Å². The van der Waals surface area contributed by atoms with E-state index in [1.54, 1.807) is 7.11 Å². The molecule has 0 aromatic heterocycles. The van der Waals surface area contributed by atoms with Crippen LogP contribution in [0.1, 0.15) is 11.1 Å². The maximum atomic E-state index is 12.5. The zero-order valence-electron chi connectivity index (χ0n) is 15.1. The van der Waals surface area contributed by atoms with E-state index in [4.69, 9.17) is 4.74 Å². The molecular formula is C20H25N3O2. The van der Waals surface area contributed by atoms with Gasteiger partial charge in [-0.1, -0.05) is 18.2 Å². The quantitative estimate of drug-likeness (QED) is 0.928. The van der Waals surface area contributed by atoms with Gasteiger partial charge in [-0.15, -0.1) is 0 Å². The first-order valence-corrected chi connectivity index (χ1v) is 8.59. The number of aryl methyl sites for hydroxylation is 2. The number of hydrogen-bond acceptors (Lipinski definition) is 3. The van der Waals surface area contributed by atoms with Gasteiger partial charge in [0, 0.05) is 31.9 Å². The van der Waals surface area contributed by atoms with Gasteiger partial charge in [0.1, 0.15) is 5.75 Å². The SMILES string of the molecule is COc1ccc(C)cc1N1CCN(C(=O)Nc2cccc(C)c2)CC1. The summed E-state index contributed by atoms with van der Waals surface area (Å²) in [6.45, 7) is 7.06. The van der Waals surface area contributed by atoms with Crippen molar-refractivity contribution in [3.05, 3.63) is 53.6 Å². The number of amides is 2. The molecule has 0 bridgehead atoms. The van der Waals surface area contributed by atoms with Crippen LogP contribution in [0.2, 0.25) is 0 Å². The molecule has 5 nitrogen and oxygen atoms in total. The summed E-state index contributed by atoms with van der Waals surface area (Å²) in [5.41, 5.74) is 4.28. The number of nitrogens with zero attached hydrogens (tertiary/aromatic N) is 2. The Hall–Kier alpha value is -2.69. The molecule has 2 aromatic carbocycles. The van der Waals surface area contributed by atoms with Gasteiger partial charge in [-0.05, 0) is 49.2 Å². The largest absolute Gasteiger partial charge is 0.495 e. The van der Waals surface area contributed by atoms with E-state index in [0.29, 0.717) is 13.1 Å². The maximum Gasteiger partial charge on any atom is 0.321 e. The molecule has 0 atom stereocenters. The molecule has 2 amide bonds. The number of piperazine rings is 1. The summed E-state index contributed by atoms with van der Waals surface area (Å²) in [5, 5.41) is 2.98. The number of nitrogens with one attached hydrogen (secondary N) is 1. The highest BCUT2D eigenvalue weighted by atomic mass is 16.5. The first kappa shape index (κ1) is 17.1. The predicted molar refractivity (Wildman–Crippen MR) is 102 cm³/mol. The molecule has 1 aliphatic heterocycles. The average Bonchev–Trinajstić information content (AvgIpc) is 2.62. The van der Waals surface area contributed by atoms with Gasteiger partial charge >= 0.3 is 6.03 Å². The van der Waals surface area contributed by atoms with E-state index in [1.165, 1.54) is 5.56 Å². The molecule has 1 fully saturated rings. The van der Waals surface area contributed by atoms with Gasteiger partial charge in [-0.25, -0.2) is 4.79 Å². The van der Waals surface area contributed by atoms with Crippen molar-refractivity contribution < 1.29 is 9.53 Å². The van der Waals surface area contributed by atoms with Crippen molar-refractivity contribution in [2.24, 2.45) is 0 Å². The van der Waals surface area contributed by atoms with Crippen LogP contribution in [-0.2, 0) is 0 Å². The van der Waals surface area contributed by atoms with Gasteiger partial charge < -0.3 is 19.9 Å². The summed E-state index contributed by atoms with van der Waals surface area (Å²) in [6.07, 6.45) is 0. The van der Waals surface area contributed by atoms with Crippen molar-refractivity contribution in [1.82, 2.24) is 4.90 Å². The minimum atomic E-state index is -0.0403. The lowest BCUT2D eigenvalue weighted by molar-refractivity contribution is 0.208. The molecule has 5 heteroatoms. The van der Waals surface area contributed by atoms with Crippen molar-refractivity contribution in [2.75, 3.05) is 43.5 Å². The van der Waals surface area contributed by atoms with E-state index in [1.807, 2.05) is 48.2 Å².